The summed E-state index contributed by atoms with van der Waals surface area (Å²) in [6, 6.07) is 7.42. The van der Waals surface area contributed by atoms with E-state index in [1.807, 2.05) is 18.2 Å². The summed E-state index contributed by atoms with van der Waals surface area (Å²) < 4.78 is 5.52. The van der Waals surface area contributed by atoms with Crippen LogP contribution in [0.15, 0.2) is 24.4 Å². The third-order valence-corrected chi connectivity index (χ3v) is 3.12. The molecule has 2 aromatic rings. The van der Waals surface area contributed by atoms with Gasteiger partial charge in [-0.15, -0.1) is 11.6 Å². The van der Waals surface area contributed by atoms with Crippen molar-refractivity contribution in [1.29, 1.82) is 5.26 Å². The second-order valence-electron chi connectivity index (χ2n) is 3.67. The molecule has 1 heterocycles. The topological polar surface area (TPSA) is 45.9 Å². The maximum Gasteiger partial charge on any atom is 0.121 e. The molecule has 1 aromatic carbocycles. The van der Waals surface area contributed by atoms with Gasteiger partial charge in [0, 0.05) is 23.5 Å². The molecule has 0 unspecified atom stereocenters. The van der Waals surface area contributed by atoms with Crippen molar-refractivity contribution >= 4 is 34.1 Å². The van der Waals surface area contributed by atoms with Crippen LogP contribution in [0.2, 0.25) is 5.02 Å². The van der Waals surface area contributed by atoms with Gasteiger partial charge in [0.1, 0.15) is 11.8 Å². The van der Waals surface area contributed by atoms with Crippen LogP contribution in [0.5, 0.6) is 5.75 Å². The van der Waals surface area contributed by atoms with Crippen LogP contribution >= 0.6 is 23.2 Å². The molecule has 0 amide bonds. The molecule has 3 nitrogen and oxygen atoms in total. The fourth-order valence-corrected chi connectivity index (χ4v) is 1.91. The Bertz CT molecular complexity index is 608. The van der Waals surface area contributed by atoms with E-state index in [4.69, 9.17) is 33.2 Å². The number of ether oxygens (including phenoxy) is 1. The number of nitriles is 1. The van der Waals surface area contributed by atoms with E-state index < -0.39 is 0 Å². The molecule has 18 heavy (non-hydrogen) atoms. The standard InChI is InChI=1S/C13H10Cl2N2O/c14-4-1-5-18-10-2-3-11-12(6-10)17-8-9(7-16)13(11)15/h2-3,6,8H,1,4-5H2. The van der Waals surface area contributed by atoms with Crippen LogP contribution in [-0.4, -0.2) is 17.5 Å². The second kappa shape index (κ2) is 5.90. The Kier molecular flexibility index (Phi) is 4.24. The number of alkyl halides is 1. The van der Waals surface area contributed by atoms with Crippen LogP contribution < -0.4 is 4.74 Å². The number of aromatic nitrogens is 1. The van der Waals surface area contributed by atoms with Gasteiger partial charge in [0.15, 0.2) is 0 Å². The summed E-state index contributed by atoms with van der Waals surface area (Å²) in [7, 11) is 0. The molecular formula is C13H10Cl2N2O. The molecule has 0 radical (unpaired) electrons. The van der Waals surface area contributed by atoms with Gasteiger partial charge in [0.25, 0.3) is 0 Å². The molecule has 0 saturated heterocycles. The van der Waals surface area contributed by atoms with E-state index in [0.29, 0.717) is 28.6 Å². The minimum absolute atomic E-state index is 0.375. The van der Waals surface area contributed by atoms with E-state index >= 15 is 0 Å². The Morgan fingerprint density at radius 2 is 2.22 bits per heavy atom. The maximum atomic E-state index is 8.86. The Morgan fingerprint density at radius 3 is 2.94 bits per heavy atom. The van der Waals surface area contributed by atoms with Crippen molar-refractivity contribution in [2.75, 3.05) is 12.5 Å². The first-order valence-corrected chi connectivity index (χ1v) is 6.34. The molecule has 2 rings (SSSR count). The minimum atomic E-state index is 0.375. The van der Waals surface area contributed by atoms with Crippen molar-refractivity contribution in [3.05, 3.63) is 35.0 Å². The number of nitrogens with zero attached hydrogens (tertiary/aromatic N) is 2. The first-order chi connectivity index (χ1) is 8.76. The maximum absolute atomic E-state index is 8.86. The van der Waals surface area contributed by atoms with Crippen LogP contribution in [0, 0.1) is 11.3 Å². The largest absolute Gasteiger partial charge is 0.493 e. The molecule has 0 saturated carbocycles. The van der Waals surface area contributed by atoms with E-state index in [2.05, 4.69) is 4.98 Å². The third kappa shape index (κ3) is 2.66. The fourth-order valence-electron chi connectivity index (χ4n) is 1.55. The molecule has 1 aromatic heterocycles. The number of fused-ring (bicyclic) bond motifs is 1. The molecule has 0 aliphatic heterocycles. The highest BCUT2D eigenvalue weighted by molar-refractivity contribution is 6.36. The zero-order chi connectivity index (χ0) is 13.0. The van der Waals surface area contributed by atoms with Crippen molar-refractivity contribution in [2.45, 2.75) is 6.42 Å². The Balaban J connectivity index is 2.33. The summed E-state index contributed by atoms with van der Waals surface area (Å²) >= 11 is 11.7. The third-order valence-electron chi connectivity index (χ3n) is 2.44. The molecule has 0 aliphatic carbocycles. The summed E-state index contributed by atoms with van der Waals surface area (Å²) in [5, 5.41) is 10.0. The number of benzene rings is 1. The first-order valence-electron chi connectivity index (χ1n) is 5.43. The van der Waals surface area contributed by atoms with Crippen LogP contribution in [0.25, 0.3) is 10.9 Å². The number of halogens is 2. The van der Waals surface area contributed by atoms with Crippen molar-refractivity contribution < 1.29 is 4.74 Å². The SMILES string of the molecule is N#Cc1cnc2cc(OCCCCl)ccc2c1Cl. The lowest BCUT2D eigenvalue weighted by molar-refractivity contribution is 0.318. The molecule has 0 spiro atoms. The highest BCUT2D eigenvalue weighted by Gasteiger charge is 2.07. The van der Waals surface area contributed by atoms with Gasteiger partial charge >= 0.3 is 0 Å². The van der Waals surface area contributed by atoms with Gasteiger partial charge in [0.2, 0.25) is 0 Å². The van der Waals surface area contributed by atoms with Gasteiger partial charge in [-0.3, -0.25) is 4.98 Å². The lowest BCUT2D eigenvalue weighted by atomic mass is 10.1. The summed E-state index contributed by atoms with van der Waals surface area (Å²) in [6.45, 7) is 0.568. The Labute approximate surface area is 115 Å². The zero-order valence-corrected chi connectivity index (χ0v) is 11.0. The fraction of sp³-hybridized carbons (Fsp3) is 0.231. The van der Waals surface area contributed by atoms with E-state index in [1.54, 1.807) is 6.07 Å². The van der Waals surface area contributed by atoms with Gasteiger partial charge in [-0.05, 0) is 18.6 Å². The van der Waals surface area contributed by atoms with Gasteiger partial charge in [-0.2, -0.15) is 5.26 Å². The zero-order valence-electron chi connectivity index (χ0n) is 9.49. The van der Waals surface area contributed by atoms with Gasteiger partial charge in [-0.25, -0.2) is 0 Å². The number of pyridine rings is 1. The predicted molar refractivity (Wildman–Crippen MR) is 72.3 cm³/mol. The average molecular weight is 281 g/mol. The molecule has 5 heteroatoms. The lowest BCUT2D eigenvalue weighted by Gasteiger charge is -2.07. The molecular weight excluding hydrogens is 271 g/mol. The van der Waals surface area contributed by atoms with E-state index in [1.165, 1.54) is 6.20 Å². The number of hydrogen-bond donors (Lipinski definition) is 0. The van der Waals surface area contributed by atoms with Gasteiger partial charge in [0.05, 0.1) is 22.7 Å². The Hall–Kier alpha value is -1.50. The second-order valence-corrected chi connectivity index (χ2v) is 4.42. The quantitative estimate of drug-likeness (QED) is 0.633. The normalized spacial score (nSPS) is 10.3. The van der Waals surface area contributed by atoms with Crippen molar-refractivity contribution in [2.24, 2.45) is 0 Å². The minimum Gasteiger partial charge on any atom is -0.493 e. The van der Waals surface area contributed by atoms with Crippen molar-refractivity contribution in [1.82, 2.24) is 4.98 Å². The summed E-state index contributed by atoms with van der Waals surface area (Å²) in [4.78, 5) is 4.19. The molecule has 0 atom stereocenters. The summed E-state index contributed by atoms with van der Waals surface area (Å²) in [6.07, 6.45) is 2.26. The van der Waals surface area contributed by atoms with Gasteiger partial charge in [-0.1, -0.05) is 11.6 Å². The van der Waals surface area contributed by atoms with E-state index in [0.717, 1.165) is 17.6 Å². The van der Waals surface area contributed by atoms with Crippen molar-refractivity contribution in [3.8, 4) is 11.8 Å². The Morgan fingerprint density at radius 1 is 1.39 bits per heavy atom. The van der Waals surface area contributed by atoms with Gasteiger partial charge < -0.3 is 4.74 Å². The molecule has 0 aliphatic rings. The average Bonchev–Trinajstić information content (AvgIpc) is 2.39. The van der Waals surface area contributed by atoms with Crippen molar-refractivity contribution in [3.63, 3.8) is 0 Å². The monoisotopic (exact) mass is 280 g/mol. The van der Waals surface area contributed by atoms with Crippen LogP contribution in [0.3, 0.4) is 0 Å². The number of hydrogen-bond acceptors (Lipinski definition) is 3. The molecule has 0 fully saturated rings. The highest BCUT2D eigenvalue weighted by Crippen LogP contribution is 2.28. The van der Waals surface area contributed by atoms with Crippen LogP contribution in [0.1, 0.15) is 12.0 Å². The molecule has 92 valence electrons. The van der Waals surface area contributed by atoms with Crippen LogP contribution in [-0.2, 0) is 0 Å². The van der Waals surface area contributed by atoms with Crippen LogP contribution in [0.4, 0.5) is 0 Å². The highest BCUT2D eigenvalue weighted by atomic mass is 35.5. The molecule has 0 bridgehead atoms. The molecule has 0 N–H and O–H groups in total. The first kappa shape index (κ1) is 12.9. The van der Waals surface area contributed by atoms with E-state index in [-0.39, 0.29) is 0 Å². The summed E-state index contributed by atoms with van der Waals surface area (Å²) in [5.41, 5.74) is 1.09. The van der Waals surface area contributed by atoms with E-state index in [9.17, 15) is 0 Å². The number of rotatable bonds is 4. The predicted octanol–water partition coefficient (Wildman–Crippen LogP) is 3.77. The summed E-state index contributed by atoms with van der Waals surface area (Å²) in [5.74, 6) is 1.30. The lowest BCUT2D eigenvalue weighted by Crippen LogP contribution is -1.97. The smallest absolute Gasteiger partial charge is 0.121 e.